The largest absolute Gasteiger partial charge is 0.465 e. The highest BCUT2D eigenvalue weighted by Gasteiger charge is 2.28. The molecule has 0 radical (unpaired) electrons. The summed E-state index contributed by atoms with van der Waals surface area (Å²) in [6.45, 7) is 0.983. The fourth-order valence-corrected chi connectivity index (χ4v) is 1.43. The second-order valence-electron chi connectivity index (χ2n) is 3.45. The first kappa shape index (κ1) is 10.3. The molecule has 1 saturated heterocycles. The lowest BCUT2D eigenvalue weighted by atomic mass is 10.1. The number of amides is 1. The molecule has 0 unspecified atom stereocenters. The fraction of sp³-hybridized carbons (Fsp3) is 0.300. The minimum Gasteiger partial charge on any atom is -0.465 e. The predicted octanol–water partition coefficient (Wildman–Crippen LogP) is 1.81. The van der Waals surface area contributed by atoms with Gasteiger partial charge >= 0.3 is 0 Å². The summed E-state index contributed by atoms with van der Waals surface area (Å²) in [6.07, 6.45) is 4.61. The molecule has 0 spiro atoms. The fourth-order valence-electron chi connectivity index (χ4n) is 1.43. The Morgan fingerprint density at radius 3 is 3.12 bits per heavy atom. The van der Waals surface area contributed by atoms with Gasteiger partial charge in [0, 0.05) is 24.1 Å². The van der Waals surface area contributed by atoms with Crippen LogP contribution in [-0.2, 0) is 4.79 Å². The van der Waals surface area contributed by atoms with Crippen LogP contribution in [0, 0.1) is 0 Å². The zero-order valence-electron chi connectivity index (χ0n) is 8.48. The van der Waals surface area contributed by atoms with E-state index in [9.17, 15) is 4.79 Å². The summed E-state index contributed by atoms with van der Waals surface area (Å²) in [6, 6.07) is 3.44. The second kappa shape index (κ2) is 4.55. The average Bonchev–Trinajstić information content (AvgIpc) is 2.72. The van der Waals surface area contributed by atoms with Gasteiger partial charge in [-0.05, 0) is 23.7 Å². The third-order valence-electron chi connectivity index (χ3n) is 2.32. The van der Waals surface area contributed by atoms with Crippen molar-refractivity contribution in [1.29, 1.82) is 0 Å². The third kappa shape index (κ3) is 2.24. The molecule has 16 heavy (non-hydrogen) atoms. The van der Waals surface area contributed by atoms with Gasteiger partial charge in [0.15, 0.2) is 0 Å². The maximum atomic E-state index is 11.5. The van der Waals surface area contributed by atoms with Crippen molar-refractivity contribution in [3.05, 3.63) is 40.7 Å². The van der Waals surface area contributed by atoms with Crippen LogP contribution >= 0.6 is 0 Å². The standard InChI is InChI=1S/C10H10N4O2/c11-13-12-8-6-14(7-8)10(15)4-3-9-2-1-5-16-9/h1-5,8H,6-7H2/b4-3+. The van der Waals surface area contributed by atoms with Gasteiger partial charge in [-0.1, -0.05) is 5.11 Å². The lowest BCUT2D eigenvalue weighted by molar-refractivity contribution is -0.130. The van der Waals surface area contributed by atoms with E-state index in [1.54, 1.807) is 29.4 Å². The van der Waals surface area contributed by atoms with Gasteiger partial charge in [-0.3, -0.25) is 4.79 Å². The highest BCUT2D eigenvalue weighted by Crippen LogP contribution is 2.13. The van der Waals surface area contributed by atoms with Crippen molar-refractivity contribution >= 4 is 12.0 Å². The minimum atomic E-state index is -0.0965. The van der Waals surface area contributed by atoms with Crippen LogP contribution in [0.2, 0.25) is 0 Å². The van der Waals surface area contributed by atoms with Crippen molar-refractivity contribution in [1.82, 2.24) is 4.90 Å². The maximum Gasteiger partial charge on any atom is 0.246 e. The monoisotopic (exact) mass is 218 g/mol. The Balaban J connectivity index is 1.84. The zero-order chi connectivity index (χ0) is 11.4. The lowest BCUT2D eigenvalue weighted by Crippen LogP contribution is -2.51. The van der Waals surface area contributed by atoms with Crippen LogP contribution in [0.15, 0.2) is 34.0 Å². The van der Waals surface area contributed by atoms with E-state index in [1.165, 1.54) is 6.08 Å². The molecule has 1 aliphatic rings. The number of hydrogen-bond acceptors (Lipinski definition) is 3. The van der Waals surface area contributed by atoms with E-state index in [0.717, 1.165) is 0 Å². The van der Waals surface area contributed by atoms with E-state index in [4.69, 9.17) is 9.95 Å². The van der Waals surface area contributed by atoms with Gasteiger partial charge in [-0.2, -0.15) is 0 Å². The van der Waals surface area contributed by atoms with Gasteiger partial charge in [0.2, 0.25) is 5.91 Å². The summed E-state index contributed by atoms with van der Waals surface area (Å²) in [5.74, 6) is 0.543. The first-order valence-electron chi connectivity index (χ1n) is 4.84. The molecule has 0 aliphatic carbocycles. The molecule has 1 amide bonds. The van der Waals surface area contributed by atoms with E-state index in [-0.39, 0.29) is 11.9 Å². The topological polar surface area (TPSA) is 82.2 Å². The molecule has 0 bridgehead atoms. The van der Waals surface area contributed by atoms with E-state index in [2.05, 4.69) is 10.0 Å². The molecule has 0 aromatic carbocycles. The van der Waals surface area contributed by atoms with Crippen LogP contribution in [-0.4, -0.2) is 29.9 Å². The molecule has 2 heterocycles. The van der Waals surface area contributed by atoms with Crippen LogP contribution < -0.4 is 0 Å². The molecule has 0 atom stereocenters. The van der Waals surface area contributed by atoms with Gasteiger partial charge in [-0.25, -0.2) is 0 Å². The van der Waals surface area contributed by atoms with Crippen molar-refractivity contribution < 1.29 is 9.21 Å². The molecule has 2 rings (SSSR count). The quantitative estimate of drug-likeness (QED) is 0.335. The Morgan fingerprint density at radius 2 is 2.50 bits per heavy atom. The maximum absolute atomic E-state index is 11.5. The Hall–Kier alpha value is -2.20. The van der Waals surface area contributed by atoms with Crippen molar-refractivity contribution in [3.8, 4) is 0 Å². The van der Waals surface area contributed by atoms with E-state index in [1.807, 2.05) is 0 Å². The summed E-state index contributed by atoms with van der Waals surface area (Å²) in [7, 11) is 0. The zero-order valence-corrected chi connectivity index (χ0v) is 8.48. The third-order valence-corrected chi connectivity index (χ3v) is 2.32. The number of carbonyl (C=O) groups excluding carboxylic acids is 1. The molecular weight excluding hydrogens is 208 g/mol. The van der Waals surface area contributed by atoms with E-state index < -0.39 is 0 Å². The van der Waals surface area contributed by atoms with Crippen molar-refractivity contribution in [3.63, 3.8) is 0 Å². The normalized spacial score (nSPS) is 15.9. The molecule has 1 aromatic heterocycles. The van der Waals surface area contributed by atoms with Crippen LogP contribution in [0.4, 0.5) is 0 Å². The van der Waals surface area contributed by atoms with Crippen LogP contribution in [0.3, 0.4) is 0 Å². The number of rotatable bonds is 3. The summed E-state index contributed by atoms with van der Waals surface area (Å²) < 4.78 is 5.05. The SMILES string of the molecule is [N-]=[N+]=NC1CN(C(=O)/C=C/c2ccco2)C1. The second-order valence-corrected chi connectivity index (χ2v) is 3.45. The van der Waals surface area contributed by atoms with E-state index in [0.29, 0.717) is 18.8 Å². The lowest BCUT2D eigenvalue weighted by Gasteiger charge is -2.35. The first-order valence-corrected chi connectivity index (χ1v) is 4.84. The molecular formula is C10H10N4O2. The van der Waals surface area contributed by atoms with Crippen molar-refractivity contribution in [2.24, 2.45) is 5.11 Å². The summed E-state index contributed by atoms with van der Waals surface area (Å²) in [4.78, 5) is 15.8. The number of nitrogens with zero attached hydrogens (tertiary/aromatic N) is 4. The van der Waals surface area contributed by atoms with E-state index >= 15 is 0 Å². The molecule has 6 nitrogen and oxygen atoms in total. The van der Waals surface area contributed by atoms with Crippen molar-refractivity contribution in [2.45, 2.75) is 6.04 Å². The van der Waals surface area contributed by atoms with Gasteiger partial charge in [0.25, 0.3) is 0 Å². The molecule has 0 N–H and O–H groups in total. The smallest absolute Gasteiger partial charge is 0.246 e. The van der Waals surface area contributed by atoms with Crippen LogP contribution in [0.1, 0.15) is 5.76 Å². The van der Waals surface area contributed by atoms with Crippen LogP contribution in [0.5, 0.6) is 0 Å². The number of hydrogen-bond donors (Lipinski definition) is 0. The predicted molar refractivity (Wildman–Crippen MR) is 57.3 cm³/mol. The molecule has 1 fully saturated rings. The average molecular weight is 218 g/mol. The number of furan rings is 1. The molecule has 82 valence electrons. The van der Waals surface area contributed by atoms with Gasteiger partial charge < -0.3 is 9.32 Å². The number of carbonyl (C=O) groups is 1. The number of likely N-dealkylation sites (tertiary alicyclic amines) is 1. The molecule has 1 aliphatic heterocycles. The summed E-state index contributed by atoms with van der Waals surface area (Å²) in [5, 5.41) is 3.52. The summed E-state index contributed by atoms with van der Waals surface area (Å²) >= 11 is 0. The molecule has 6 heteroatoms. The minimum absolute atomic E-state index is 0.0778. The Bertz CT molecular complexity index is 439. The molecule has 1 aromatic rings. The number of azide groups is 1. The van der Waals surface area contributed by atoms with Crippen molar-refractivity contribution in [2.75, 3.05) is 13.1 Å². The Labute approximate surface area is 91.8 Å². The first-order chi connectivity index (χ1) is 7.79. The van der Waals surface area contributed by atoms with Gasteiger partial charge in [0.05, 0.1) is 12.3 Å². The highest BCUT2D eigenvalue weighted by atomic mass is 16.3. The Kier molecular flexibility index (Phi) is 2.93. The van der Waals surface area contributed by atoms with Gasteiger partial charge in [0.1, 0.15) is 5.76 Å². The van der Waals surface area contributed by atoms with Gasteiger partial charge in [-0.15, -0.1) is 0 Å². The van der Waals surface area contributed by atoms with Crippen LogP contribution in [0.25, 0.3) is 16.5 Å². The highest BCUT2D eigenvalue weighted by molar-refractivity contribution is 5.92. The molecule has 0 saturated carbocycles. The Morgan fingerprint density at radius 1 is 1.69 bits per heavy atom. The summed E-state index contributed by atoms with van der Waals surface area (Å²) in [5.41, 5.74) is 8.18.